The molecule has 2 aromatic carbocycles. The number of sulfonamides is 1. The fraction of sp³-hybridized carbons (Fsp3) is 0.455. The smallest absolute Gasteiger partial charge is 0.241 e. The van der Waals surface area contributed by atoms with Crippen molar-refractivity contribution in [1.29, 1.82) is 0 Å². The molecule has 0 radical (unpaired) electrons. The average molecular weight is 405 g/mol. The molecule has 3 rings (SSSR count). The summed E-state index contributed by atoms with van der Waals surface area (Å²) in [7, 11) is -3.73. The summed E-state index contributed by atoms with van der Waals surface area (Å²) in [6.07, 6.45) is 1.83. The summed E-state index contributed by atoms with van der Waals surface area (Å²) in [5.41, 5.74) is 3.12. The first-order valence-corrected chi connectivity index (χ1v) is 11.3. The first kappa shape index (κ1) is 21.0. The highest BCUT2D eigenvalue weighted by Gasteiger charge is 2.28. The Bertz CT molecular complexity index is 911. The van der Waals surface area contributed by atoms with Crippen molar-refractivity contribution in [3.05, 3.63) is 65.0 Å². The Morgan fingerprint density at radius 1 is 1.14 bits per heavy atom. The van der Waals surface area contributed by atoms with E-state index in [2.05, 4.69) is 47.7 Å². The normalized spacial score (nSPS) is 18.1. The Morgan fingerprint density at radius 3 is 2.50 bits per heavy atom. The fourth-order valence-electron chi connectivity index (χ4n) is 3.73. The van der Waals surface area contributed by atoms with Gasteiger partial charge >= 0.3 is 0 Å². The van der Waals surface area contributed by atoms with Gasteiger partial charge in [-0.15, -0.1) is 0 Å². The van der Waals surface area contributed by atoms with E-state index in [0.717, 1.165) is 32.0 Å². The minimum atomic E-state index is -3.73. The quantitative estimate of drug-likeness (QED) is 0.762. The molecule has 0 amide bonds. The molecule has 4 nitrogen and oxygen atoms in total. The summed E-state index contributed by atoms with van der Waals surface area (Å²) in [4.78, 5) is 2.27. The lowest BCUT2D eigenvalue weighted by Gasteiger charge is -2.18. The van der Waals surface area contributed by atoms with Gasteiger partial charge in [0.2, 0.25) is 10.0 Å². The second-order valence-electron chi connectivity index (χ2n) is 8.17. The predicted octanol–water partition coefficient (Wildman–Crippen LogP) is 3.89. The van der Waals surface area contributed by atoms with Crippen LogP contribution in [0.1, 0.15) is 37.0 Å². The van der Waals surface area contributed by atoms with Crippen molar-refractivity contribution < 1.29 is 12.8 Å². The molecule has 1 fully saturated rings. The zero-order valence-corrected chi connectivity index (χ0v) is 17.6. The van der Waals surface area contributed by atoms with Gasteiger partial charge in [0.25, 0.3) is 0 Å². The number of benzene rings is 2. The second-order valence-corrected chi connectivity index (χ2v) is 9.85. The van der Waals surface area contributed by atoms with Crippen LogP contribution in [0.2, 0.25) is 0 Å². The molecule has 1 N–H and O–H groups in total. The van der Waals surface area contributed by atoms with Gasteiger partial charge in [-0.1, -0.05) is 44.2 Å². The largest absolute Gasteiger partial charge is 0.297 e. The van der Waals surface area contributed by atoms with Gasteiger partial charge < -0.3 is 0 Å². The van der Waals surface area contributed by atoms with Crippen LogP contribution in [-0.2, 0) is 23.0 Å². The third kappa shape index (κ3) is 5.40. The number of nitrogens with one attached hydrogen (secondary N) is 1. The topological polar surface area (TPSA) is 49.4 Å². The van der Waals surface area contributed by atoms with Crippen LogP contribution in [0.3, 0.4) is 0 Å². The minimum Gasteiger partial charge on any atom is -0.297 e. The lowest BCUT2D eigenvalue weighted by molar-refractivity contribution is 0.324. The number of likely N-dealkylation sites (tertiary alicyclic amines) is 1. The Balaban J connectivity index is 1.58. The third-order valence-corrected chi connectivity index (χ3v) is 6.77. The zero-order valence-electron chi connectivity index (χ0n) is 16.8. The molecular formula is C22H29FN2O2S. The molecule has 0 unspecified atom stereocenters. The molecule has 0 bridgehead atoms. The number of nitrogens with zero attached hydrogens (tertiary/aromatic N) is 1. The molecule has 1 aliphatic rings. The highest BCUT2D eigenvalue weighted by molar-refractivity contribution is 7.89. The fourth-order valence-corrected chi connectivity index (χ4v) is 5.25. The van der Waals surface area contributed by atoms with E-state index in [1.807, 2.05) is 0 Å². The van der Waals surface area contributed by atoms with Gasteiger partial charge in [-0.25, -0.2) is 17.5 Å². The molecule has 0 spiro atoms. The molecule has 2 aromatic rings. The van der Waals surface area contributed by atoms with Crippen LogP contribution in [0.4, 0.5) is 4.39 Å². The van der Waals surface area contributed by atoms with Crippen molar-refractivity contribution in [2.24, 2.45) is 5.92 Å². The molecule has 28 heavy (non-hydrogen) atoms. The minimum absolute atomic E-state index is 0.0201. The monoisotopic (exact) mass is 404 g/mol. The summed E-state index contributed by atoms with van der Waals surface area (Å²) in [6, 6.07) is 12.4. The van der Waals surface area contributed by atoms with E-state index in [-0.39, 0.29) is 10.9 Å². The van der Waals surface area contributed by atoms with Crippen molar-refractivity contribution >= 4 is 10.0 Å². The number of halogens is 1. The molecule has 6 heteroatoms. The van der Waals surface area contributed by atoms with Crippen molar-refractivity contribution in [2.75, 3.05) is 13.1 Å². The van der Waals surface area contributed by atoms with Crippen molar-refractivity contribution in [1.82, 2.24) is 9.62 Å². The Morgan fingerprint density at radius 2 is 1.82 bits per heavy atom. The lowest BCUT2D eigenvalue weighted by Crippen LogP contribution is -2.37. The number of rotatable bonds is 7. The van der Waals surface area contributed by atoms with Gasteiger partial charge in [0.1, 0.15) is 5.82 Å². The van der Waals surface area contributed by atoms with Gasteiger partial charge in [-0.05, 0) is 54.5 Å². The predicted molar refractivity (Wildman–Crippen MR) is 110 cm³/mol. The molecule has 1 saturated heterocycles. The van der Waals surface area contributed by atoms with E-state index in [1.165, 1.54) is 23.3 Å². The molecule has 1 heterocycles. The summed E-state index contributed by atoms with van der Waals surface area (Å²) < 4.78 is 41.6. The maximum Gasteiger partial charge on any atom is 0.241 e. The van der Waals surface area contributed by atoms with Crippen LogP contribution in [0.15, 0.2) is 47.4 Å². The molecule has 1 atom stereocenters. The van der Waals surface area contributed by atoms with E-state index >= 15 is 0 Å². The van der Waals surface area contributed by atoms with Gasteiger partial charge in [0, 0.05) is 25.7 Å². The van der Waals surface area contributed by atoms with Gasteiger partial charge in [-0.2, -0.15) is 0 Å². The molecule has 0 saturated carbocycles. The van der Waals surface area contributed by atoms with Crippen LogP contribution in [0.5, 0.6) is 0 Å². The van der Waals surface area contributed by atoms with Gasteiger partial charge in [0.05, 0.1) is 4.90 Å². The van der Waals surface area contributed by atoms with Crippen molar-refractivity contribution in [3.8, 4) is 0 Å². The van der Waals surface area contributed by atoms with Crippen molar-refractivity contribution in [2.45, 2.75) is 51.1 Å². The number of aryl methyl sites for hydroxylation is 1. The van der Waals surface area contributed by atoms with Crippen LogP contribution in [-0.4, -0.2) is 32.4 Å². The number of hydrogen-bond donors (Lipinski definition) is 1. The van der Waals surface area contributed by atoms with Gasteiger partial charge in [0.15, 0.2) is 0 Å². The first-order valence-electron chi connectivity index (χ1n) is 9.81. The Labute approximate surface area is 167 Å². The number of hydrogen-bond acceptors (Lipinski definition) is 3. The average Bonchev–Trinajstić information content (AvgIpc) is 3.04. The summed E-state index contributed by atoms with van der Waals surface area (Å²) in [5.74, 6) is 0.0971. The van der Waals surface area contributed by atoms with Crippen LogP contribution in [0, 0.1) is 18.7 Å². The maximum absolute atomic E-state index is 13.5. The molecule has 0 aliphatic carbocycles. The van der Waals surface area contributed by atoms with Crippen LogP contribution >= 0.6 is 0 Å². The SMILES string of the molecule is Cc1ccc(F)cc1S(=O)(=O)N[C@H]1CCN(Cc2ccc(CC(C)C)cc2)C1. The molecule has 0 aromatic heterocycles. The van der Waals surface area contributed by atoms with Crippen LogP contribution in [0.25, 0.3) is 0 Å². The van der Waals surface area contributed by atoms with E-state index < -0.39 is 15.8 Å². The standard InChI is InChI=1S/C22H29FN2O2S/c1-16(2)12-18-5-7-19(8-6-18)14-25-11-10-21(15-25)24-28(26,27)22-13-20(23)9-4-17(22)3/h4-9,13,16,21,24H,10-12,14-15H2,1-3H3/t21-/m0/s1. The Kier molecular flexibility index (Phi) is 6.53. The summed E-state index contributed by atoms with van der Waals surface area (Å²) in [5, 5.41) is 0. The van der Waals surface area contributed by atoms with E-state index in [0.29, 0.717) is 18.0 Å². The highest BCUT2D eigenvalue weighted by atomic mass is 32.2. The molecule has 152 valence electrons. The van der Waals surface area contributed by atoms with Gasteiger partial charge in [-0.3, -0.25) is 4.90 Å². The summed E-state index contributed by atoms with van der Waals surface area (Å²) >= 11 is 0. The molecule has 1 aliphatic heterocycles. The lowest BCUT2D eigenvalue weighted by atomic mass is 10.0. The molecular weight excluding hydrogens is 375 g/mol. The van der Waals surface area contributed by atoms with E-state index in [9.17, 15) is 12.8 Å². The zero-order chi connectivity index (χ0) is 20.3. The van der Waals surface area contributed by atoms with E-state index in [4.69, 9.17) is 0 Å². The van der Waals surface area contributed by atoms with Crippen LogP contribution < -0.4 is 4.72 Å². The Hall–Kier alpha value is -1.76. The summed E-state index contributed by atoms with van der Waals surface area (Å²) in [6.45, 7) is 8.40. The van der Waals surface area contributed by atoms with Crippen molar-refractivity contribution in [3.63, 3.8) is 0 Å². The third-order valence-electron chi connectivity index (χ3n) is 5.11. The van der Waals surface area contributed by atoms with E-state index in [1.54, 1.807) is 6.92 Å². The highest BCUT2D eigenvalue weighted by Crippen LogP contribution is 2.20. The second kappa shape index (κ2) is 8.72. The maximum atomic E-state index is 13.5. The first-order chi connectivity index (χ1) is 13.2.